The third-order valence-corrected chi connectivity index (χ3v) is 3.05. The summed E-state index contributed by atoms with van der Waals surface area (Å²) in [5, 5.41) is 0. The summed E-state index contributed by atoms with van der Waals surface area (Å²) in [6.07, 6.45) is -22.3. The van der Waals surface area contributed by atoms with Crippen LogP contribution in [0, 0.1) is 0 Å². The smallest absolute Gasteiger partial charge is 0.458 e. The summed E-state index contributed by atoms with van der Waals surface area (Å²) in [6.45, 7) is 5.96. The van der Waals surface area contributed by atoms with Crippen molar-refractivity contribution in [1.82, 2.24) is 0 Å². The van der Waals surface area contributed by atoms with Crippen molar-refractivity contribution in [3.05, 3.63) is 24.3 Å². The summed E-state index contributed by atoms with van der Waals surface area (Å²) in [6, 6.07) is 0. The van der Waals surface area contributed by atoms with Crippen LogP contribution in [0.5, 0.6) is 0 Å². The van der Waals surface area contributed by atoms with Gasteiger partial charge >= 0.3 is 42.4 Å². The molecule has 30 heavy (non-hydrogen) atoms. The summed E-state index contributed by atoms with van der Waals surface area (Å²) in [5.41, 5.74) is -1.11. The molecule has 0 aromatic heterocycles. The first-order valence-corrected chi connectivity index (χ1v) is 7.39. The molecule has 0 aliphatic carbocycles. The molecule has 15 heteroatoms. The van der Waals surface area contributed by atoms with Gasteiger partial charge in [-0.1, -0.05) is 13.2 Å². The highest BCUT2D eigenvalue weighted by Crippen LogP contribution is 2.50. The minimum absolute atomic E-state index is 0.448. The van der Waals surface area contributed by atoms with Gasteiger partial charge < -0.3 is 9.47 Å². The monoisotopic (exact) mass is 464 g/mol. The number of esters is 2. The van der Waals surface area contributed by atoms with Gasteiger partial charge in [0.15, 0.2) is 0 Å². The molecule has 0 amide bonds. The van der Waals surface area contributed by atoms with E-state index in [0.717, 1.165) is 13.8 Å². The number of rotatable bonds is 10. The zero-order chi connectivity index (χ0) is 24.3. The molecule has 0 saturated heterocycles. The molecule has 0 N–H and O–H groups in total. The van der Waals surface area contributed by atoms with E-state index in [9.17, 15) is 53.5 Å². The first-order chi connectivity index (χ1) is 13.2. The summed E-state index contributed by atoms with van der Waals surface area (Å²) in [5.74, 6) is -15.9. The fourth-order valence-electron chi connectivity index (χ4n) is 1.41. The van der Waals surface area contributed by atoms with E-state index in [0.29, 0.717) is 0 Å². The van der Waals surface area contributed by atoms with E-state index in [4.69, 9.17) is 0 Å². The lowest BCUT2D eigenvalue weighted by molar-refractivity contribution is -0.472. The van der Waals surface area contributed by atoms with Crippen LogP contribution >= 0.6 is 0 Å². The lowest BCUT2D eigenvalue weighted by atomic mass is 10.1. The van der Waals surface area contributed by atoms with E-state index >= 15 is 0 Å². The first kappa shape index (κ1) is 27.7. The predicted octanol–water partition coefficient (Wildman–Crippen LogP) is 4.33. The molecule has 0 radical (unpaired) electrons. The Kier molecular flexibility index (Phi) is 8.51. The van der Waals surface area contributed by atoms with Gasteiger partial charge in [-0.3, -0.25) is 4.74 Å². The number of halogens is 10. The van der Waals surface area contributed by atoms with Crippen LogP contribution in [0.3, 0.4) is 0 Å². The molecular weight excluding hydrogens is 450 g/mol. The van der Waals surface area contributed by atoms with Gasteiger partial charge in [0.25, 0.3) is 0 Å². The van der Waals surface area contributed by atoms with E-state index in [2.05, 4.69) is 27.4 Å². The minimum Gasteiger partial charge on any atom is -0.458 e. The molecule has 5 nitrogen and oxygen atoms in total. The third kappa shape index (κ3) is 6.09. The van der Waals surface area contributed by atoms with Crippen LogP contribution in [-0.4, -0.2) is 55.1 Å². The molecule has 0 aliphatic rings. The largest absolute Gasteiger partial charge is 0.462 e. The zero-order valence-electron chi connectivity index (χ0n) is 15.1. The Bertz CT molecular complexity index is 688. The molecule has 174 valence electrons. The van der Waals surface area contributed by atoms with Crippen LogP contribution in [0.4, 0.5) is 43.9 Å². The Hall–Kier alpha value is -2.32. The van der Waals surface area contributed by atoms with Crippen molar-refractivity contribution in [1.29, 1.82) is 0 Å². The average Bonchev–Trinajstić information content (AvgIpc) is 2.55. The Morgan fingerprint density at radius 3 is 1.63 bits per heavy atom. The highest BCUT2D eigenvalue weighted by molar-refractivity contribution is 5.87. The lowest BCUT2D eigenvalue weighted by Gasteiger charge is -2.37. The van der Waals surface area contributed by atoms with Gasteiger partial charge in [0.05, 0.1) is 0 Å². The standard InChI is InChI=1S/C15H14F10O5/c1-6(2)9(26)28-5-8(29-10(27)7(3)4)12(18,11(16)17)30-15(24,25)13(19,20)14(21,22)23/h8,11H,1,3,5H2,2,4H3. The van der Waals surface area contributed by atoms with E-state index in [1.807, 2.05) is 0 Å². The second-order valence-corrected chi connectivity index (χ2v) is 5.74. The SMILES string of the molecule is C=C(C)C(=O)OCC(OC(=O)C(=C)C)C(F)(OC(F)(F)C(F)(F)C(F)(F)F)C(F)F. The van der Waals surface area contributed by atoms with Crippen molar-refractivity contribution in [3.8, 4) is 0 Å². The van der Waals surface area contributed by atoms with Crippen molar-refractivity contribution in [2.75, 3.05) is 6.61 Å². The van der Waals surface area contributed by atoms with Crippen LogP contribution in [0.1, 0.15) is 13.8 Å². The minimum atomic E-state index is -7.14. The van der Waals surface area contributed by atoms with Crippen LogP contribution in [0.2, 0.25) is 0 Å². The third-order valence-electron chi connectivity index (χ3n) is 3.05. The number of carbonyl (C=O) groups is 2. The molecule has 0 spiro atoms. The van der Waals surface area contributed by atoms with Crippen molar-refractivity contribution < 1.29 is 67.7 Å². The van der Waals surface area contributed by atoms with Gasteiger partial charge in [-0.2, -0.15) is 30.7 Å². The molecule has 2 atom stereocenters. The molecule has 0 aromatic carbocycles. The predicted molar refractivity (Wildman–Crippen MR) is 77.3 cm³/mol. The highest BCUT2D eigenvalue weighted by Gasteiger charge is 2.77. The van der Waals surface area contributed by atoms with Crippen molar-refractivity contribution in [3.63, 3.8) is 0 Å². The molecule has 0 aromatic rings. The highest BCUT2D eigenvalue weighted by atomic mass is 19.4. The quantitative estimate of drug-likeness (QED) is 0.274. The van der Waals surface area contributed by atoms with Crippen molar-refractivity contribution in [2.45, 2.75) is 50.4 Å². The van der Waals surface area contributed by atoms with Crippen LogP contribution < -0.4 is 0 Å². The Morgan fingerprint density at radius 1 is 0.867 bits per heavy atom. The molecule has 2 unspecified atom stereocenters. The van der Waals surface area contributed by atoms with Crippen LogP contribution in [0.25, 0.3) is 0 Å². The fourth-order valence-corrected chi connectivity index (χ4v) is 1.41. The molecule has 0 saturated carbocycles. The molecule has 0 aliphatic heterocycles. The Balaban J connectivity index is 6.19. The number of ether oxygens (including phenoxy) is 3. The van der Waals surface area contributed by atoms with Crippen LogP contribution in [-0.2, 0) is 23.8 Å². The van der Waals surface area contributed by atoms with E-state index < -0.39 is 66.3 Å². The summed E-state index contributed by atoms with van der Waals surface area (Å²) in [4.78, 5) is 22.8. The van der Waals surface area contributed by atoms with Gasteiger partial charge in [-0.15, -0.1) is 0 Å². The first-order valence-electron chi connectivity index (χ1n) is 7.39. The second kappa shape index (κ2) is 9.22. The van der Waals surface area contributed by atoms with Crippen molar-refractivity contribution >= 4 is 11.9 Å². The summed E-state index contributed by atoms with van der Waals surface area (Å²) < 4.78 is 141. The summed E-state index contributed by atoms with van der Waals surface area (Å²) in [7, 11) is 0. The normalized spacial score (nSPS) is 15.9. The molecule has 0 heterocycles. The van der Waals surface area contributed by atoms with Crippen molar-refractivity contribution in [2.24, 2.45) is 0 Å². The number of carbonyl (C=O) groups excluding carboxylic acids is 2. The Morgan fingerprint density at radius 2 is 1.30 bits per heavy atom. The Labute approximate surface area is 162 Å². The molecule has 0 rings (SSSR count). The maximum absolute atomic E-state index is 14.6. The fraction of sp³-hybridized carbons (Fsp3) is 0.600. The van der Waals surface area contributed by atoms with Gasteiger partial charge in [-0.25, -0.2) is 22.8 Å². The zero-order valence-corrected chi connectivity index (χ0v) is 15.1. The van der Waals surface area contributed by atoms with Gasteiger partial charge in [0.1, 0.15) is 6.61 Å². The summed E-state index contributed by atoms with van der Waals surface area (Å²) >= 11 is 0. The average molecular weight is 464 g/mol. The topological polar surface area (TPSA) is 61.8 Å². The lowest BCUT2D eigenvalue weighted by Crippen LogP contribution is -2.61. The van der Waals surface area contributed by atoms with Gasteiger partial charge in [-0.05, 0) is 13.8 Å². The molecule has 0 fully saturated rings. The molecular formula is C15H14F10O5. The van der Waals surface area contributed by atoms with E-state index in [1.54, 1.807) is 0 Å². The molecule has 0 bridgehead atoms. The van der Waals surface area contributed by atoms with Gasteiger partial charge in [0.2, 0.25) is 6.10 Å². The maximum Gasteiger partial charge on any atom is 0.462 e. The number of alkyl halides is 10. The maximum atomic E-state index is 14.6. The van der Waals surface area contributed by atoms with Crippen LogP contribution in [0.15, 0.2) is 24.3 Å². The van der Waals surface area contributed by atoms with E-state index in [-0.39, 0.29) is 0 Å². The van der Waals surface area contributed by atoms with E-state index in [1.165, 1.54) is 0 Å². The number of hydrogen-bond donors (Lipinski definition) is 0. The number of hydrogen-bond acceptors (Lipinski definition) is 5. The second-order valence-electron chi connectivity index (χ2n) is 5.74. The van der Waals surface area contributed by atoms with Gasteiger partial charge in [0, 0.05) is 11.1 Å².